The van der Waals surface area contributed by atoms with E-state index in [2.05, 4.69) is 0 Å². The van der Waals surface area contributed by atoms with Crippen molar-refractivity contribution in [1.82, 2.24) is 0 Å². The first-order valence-electron chi connectivity index (χ1n) is 2.52. The van der Waals surface area contributed by atoms with Gasteiger partial charge >= 0.3 is 0 Å². The number of hydrogen-bond donors (Lipinski definition) is 1. The van der Waals surface area contributed by atoms with E-state index >= 15 is 0 Å². The highest BCUT2D eigenvalue weighted by molar-refractivity contribution is 8.17. The van der Waals surface area contributed by atoms with Gasteiger partial charge in [0, 0.05) is 0 Å². The number of allylic oxidation sites excluding steroid dienone is 2. The highest BCUT2D eigenvalue weighted by Gasteiger charge is 1.87. The Morgan fingerprint density at radius 1 is 1.50 bits per heavy atom. The third kappa shape index (κ3) is 3.93. The van der Waals surface area contributed by atoms with Gasteiger partial charge in [0.25, 0.3) is 0 Å². The van der Waals surface area contributed by atoms with E-state index in [4.69, 9.17) is 5.41 Å². The second kappa shape index (κ2) is 3.72. The van der Waals surface area contributed by atoms with Crippen LogP contribution in [0.25, 0.3) is 0 Å². The van der Waals surface area contributed by atoms with Crippen molar-refractivity contribution in [3.8, 4) is 0 Å². The van der Waals surface area contributed by atoms with Crippen molar-refractivity contribution in [3.05, 3.63) is 11.0 Å². The van der Waals surface area contributed by atoms with Crippen molar-refractivity contribution >= 4 is 16.8 Å². The predicted molar refractivity (Wildman–Crippen MR) is 40.4 cm³/mol. The third-order valence-electron chi connectivity index (χ3n) is 0.721. The molecule has 0 aromatic heterocycles. The van der Waals surface area contributed by atoms with Crippen molar-refractivity contribution in [2.45, 2.75) is 20.8 Å². The van der Waals surface area contributed by atoms with E-state index in [9.17, 15) is 0 Å². The maximum Gasteiger partial charge on any atom is 0.0654 e. The van der Waals surface area contributed by atoms with Gasteiger partial charge in [0.05, 0.1) is 5.04 Å². The largest absolute Gasteiger partial charge is 0.298 e. The summed E-state index contributed by atoms with van der Waals surface area (Å²) in [6.45, 7) is 5.77. The van der Waals surface area contributed by atoms with Gasteiger partial charge in [-0.25, -0.2) is 0 Å². The smallest absolute Gasteiger partial charge is 0.0654 e. The molecule has 0 aromatic carbocycles. The fourth-order valence-electron chi connectivity index (χ4n) is 0.300. The van der Waals surface area contributed by atoms with Gasteiger partial charge < -0.3 is 0 Å². The van der Waals surface area contributed by atoms with Crippen molar-refractivity contribution in [1.29, 1.82) is 5.41 Å². The first kappa shape index (κ1) is 7.76. The minimum atomic E-state index is 0.653. The van der Waals surface area contributed by atoms with Gasteiger partial charge in [0.2, 0.25) is 0 Å². The van der Waals surface area contributed by atoms with E-state index in [1.807, 2.05) is 19.9 Å². The summed E-state index contributed by atoms with van der Waals surface area (Å²) in [5, 5.41) is 7.70. The maximum absolute atomic E-state index is 7.05. The number of hydrogen-bond acceptors (Lipinski definition) is 2. The highest BCUT2D eigenvalue weighted by Crippen LogP contribution is 2.13. The van der Waals surface area contributed by atoms with Gasteiger partial charge in [-0.3, -0.25) is 5.41 Å². The average Bonchev–Trinajstić information content (AvgIpc) is 1.65. The minimum absolute atomic E-state index is 0.653. The Balaban J connectivity index is 3.56. The molecule has 0 aliphatic heterocycles. The predicted octanol–water partition coefficient (Wildman–Crippen LogP) is 2.64. The lowest BCUT2D eigenvalue weighted by Crippen LogP contribution is -1.76. The monoisotopic (exact) mass is 129 g/mol. The van der Waals surface area contributed by atoms with E-state index < -0.39 is 0 Å². The zero-order valence-electron chi connectivity index (χ0n) is 5.49. The second-order valence-corrected chi connectivity index (χ2v) is 3.02. The number of thioether (sulfide) groups is 1. The van der Waals surface area contributed by atoms with Gasteiger partial charge in [0.1, 0.15) is 0 Å². The molecule has 1 nitrogen and oxygen atoms in total. The molecule has 46 valence electrons. The van der Waals surface area contributed by atoms with Crippen LogP contribution < -0.4 is 0 Å². The number of nitrogens with one attached hydrogen (secondary N) is 1. The summed E-state index contributed by atoms with van der Waals surface area (Å²) < 4.78 is 0. The Morgan fingerprint density at radius 2 is 2.00 bits per heavy atom. The lowest BCUT2D eigenvalue weighted by Gasteiger charge is -1.93. The minimum Gasteiger partial charge on any atom is -0.298 e. The van der Waals surface area contributed by atoms with Crippen LogP contribution in [0.5, 0.6) is 0 Å². The molecule has 0 spiro atoms. The molecule has 0 heterocycles. The molecule has 0 bridgehead atoms. The van der Waals surface area contributed by atoms with Crippen LogP contribution in [0.2, 0.25) is 0 Å². The molecule has 0 radical (unpaired) electrons. The number of rotatable bonds is 1. The molecule has 0 aliphatic rings. The van der Waals surface area contributed by atoms with Crippen molar-refractivity contribution in [2.75, 3.05) is 0 Å². The van der Waals surface area contributed by atoms with Crippen LogP contribution in [0.1, 0.15) is 20.8 Å². The van der Waals surface area contributed by atoms with Gasteiger partial charge in [-0.1, -0.05) is 17.8 Å². The molecule has 0 rings (SSSR count). The van der Waals surface area contributed by atoms with E-state index in [-0.39, 0.29) is 0 Å². The van der Waals surface area contributed by atoms with Crippen LogP contribution in [0.15, 0.2) is 11.0 Å². The van der Waals surface area contributed by atoms with Crippen LogP contribution in [-0.4, -0.2) is 5.04 Å². The van der Waals surface area contributed by atoms with Crippen LogP contribution in [0.3, 0.4) is 0 Å². The van der Waals surface area contributed by atoms with Crippen molar-refractivity contribution in [2.24, 2.45) is 0 Å². The molecule has 0 atom stereocenters. The average molecular weight is 129 g/mol. The molecule has 1 N–H and O–H groups in total. The summed E-state index contributed by atoms with van der Waals surface area (Å²) in [5.41, 5.74) is 0. The Labute approximate surface area is 54.7 Å². The van der Waals surface area contributed by atoms with E-state index in [1.165, 1.54) is 16.7 Å². The van der Waals surface area contributed by atoms with Gasteiger partial charge in [-0.05, 0) is 25.7 Å². The molecular formula is C6H11NS. The molecule has 8 heavy (non-hydrogen) atoms. The topological polar surface area (TPSA) is 23.9 Å². The van der Waals surface area contributed by atoms with Gasteiger partial charge in [0.15, 0.2) is 0 Å². The van der Waals surface area contributed by atoms with Crippen LogP contribution in [0, 0.1) is 5.41 Å². The Bertz CT molecular complexity index is 116. The first-order valence-corrected chi connectivity index (χ1v) is 3.34. The summed E-state index contributed by atoms with van der Waals surface area (Å²) >= 11 is 1.50. The lowest BCUT2D eigenvalue weighted by molar-refractivity contribution is 1.53. The molecule has 0 aliphatic carbocycles. The standard InChI is InChI=1S/C6H11NS/c1-4-5(2)8-6(3)7/h4,7H,1-3H3/b5-4+,7-6?. The Morgan fingerprint density at radius 3 is 2.12 bits per heavy atom. The Kier molecular flexibility index (Phi) is 3.61. The molecule has 0 aromatic rings. The van der Waals surface area contributed by atoms with Gasteiger partial charge in [-0.2, -0.15) is 0 Å². The van der Waals surface area contributed by atoms with E-state index in [0.717, 1.165) is 0 Å². The summed E-state index contributed by atoms with van der Waals surface area (Å²) in [7, 11) is 0. The van der Waals surface area contributed by atoms with Crippen LogP contribution >= 0.6 is 11.8 Å². The first-order chi connectivity index (χ1) is 3.66. The molecular weight excluding hydrogens is 118 g/mol. The maximum atomic E-state index is 7.05. The SMILES string of the molecule is C/C=C(\C)SC(C)=N. The Hall–Kier alpha value is -0.240. The van der Waals surface area contributed by atoms with E-state index in [1.54, 1.807) is 6.92 Å². The quantitative estimate of drug-likeness (QED) is 0.427. The molecule has 0 fully saturated rings. The third-order valence-corrected chi connectivity index (χ3v) is 1.58. The van der Waals surface area contributed by atoms with Crippen LogP contribution in [0.4, 0.5) is 0 Å². The molecule has 0 amide bonds. The zero-order valence-corrected chi connectivity index (χ0v) is 6.30. The summed E-state index contributed by atoms with van der Waals surface area (Å²) in [4.78, 5) is 1.19. The summed E-state index contributed by atoms with van der Waals surface area (Å²) in [5.74, 6) is 0. The van der Waals surface area contributed by atoms with Crippen molar-refractivity contribution in [3.63, 3.8) is 0 Å². The molecule has 0 saturated carbocycles. The van der Waals surface area contributed by atoms with Gasteiger partial charge in [-0.15, -0.1) is 0 Å². The molecule has 0 unspecified atom stereocenters. The fourth-order valence-corrected chi connectivity index (χ4v) is 0.901. The molecule has 0 saturated heterocycles. The summed E-state index contributed by atoms with van der Waals surface area (Å²) in [6.07, 6.45) is 2.00. The molecule has 2 heteroatoms. The lowest BCUT2D eigenvalue weighted by atomic mass is 10.6. The normalized spacial score (nSPS) is 11.6. The van der Waals surface area contributed by atoms with Crippen molar-refractivity contribution < 1.29 is 0 Å². The fraction of sp³-hybridized carbons (Fsp3) is 0.500. The highest BCUT2D eigenvalue weighted by atomic mass is 32.2. The van der Waals surface area contributed by atoms with E-state index in [0.29, 0.717) is 5.04 Å². The summed E-state index contributed by atoms with van der Waals surface area (Å²) in [6, 6.07) is 0. The van der Waals surface area contributed by atoms with Crippen LogP contribution in [-0.2, 0) is 0 Å². The zero-order chi connectivity index (χ0) is 6.57. The second-order valence-electron chi connectivity index (χ2n) is 1.56.